The molecule has 16 heavy (non-hydrogen) atoms. The van der Waals surface area contributed by atoms with Gasteiger partial charge in [-0.2, -0.15) is 0 Å². The van der Waals surface area contributed by atoms with Crippen LogP contribution in [-0.2, 0) is 4.74 Å². The van der Waals surface area contributed by atoms with Crippen molar-refractivity contribution in [3.05, 3.63) is 24.3 Å². The van der Waals surface area contributed by atoms with Crippen molar-refractivity contribution in [2.75, 3.05) is 13.2 Å². The van der Waals surface area contributed by atoms with Gasteiger partial charge in [-0.25, -0.2) is 9.97 Å². The van der Waals surface area contributed by atoms with Crippen molar-refractivity contribution in [2.24, 2.45) is 0 Å². The maximum Gasteiger partial charge on any atom is 0.147 e. The standard InChI is InChI=1S/C12H21N3O/c1-4-6-13-11(9-16-10(2)3)12-14-7-5-8-15-12/h5,7-8,10-11,13H,4,6,9H2,1-3H3. The molecule has 0 bridgehead atoms. The Hall–Kier alpha value is -1.00. The van der Waals surface area contributed by atoms with Gasteiger partial charge in [-0.3, -0.25) is 0 Å². The van der Waals surface area contributed by atoms with Gasteiger partial charge in [-0.05, 0) is 32.9 Å². The molecule has 1 atom stereocenters. The number of aromatic nitrogens is 2. The normalized spacial score (nSPS) is 13.0. The van der Waals surface area contributed by atoms with Crippen LogP contribution in [0, 0.1) is 0 Å². The molecule has 1 unspecified atom stereocenters. The van der Waals surface area contributed by atoms with Gasteiger partial charge in [-0.1, -0.05) is 6.92 Å². The van der Waals surface area contributed by atoms with Gasteiger partial charge in [0.25, 0.3) is 0 Å². The SMILES string of the molecule is CCCNC(COC(C)C)c1ncccn1. The predicted octanol–water partition coefficient (Wildman–Crippen LogP) is 1.94. The van der Waals surface area contributed by atoms with Gasteiger partial charge in [0.2, 0.25) is 0 Å². The monoisotopic (exact) mass is 223 g/mol. The summed E-state index contributed by atoms with van der Waals surface area (Å²) in [5.41, 5.74) is 0. The van der Waals surface area contributed by atoms with E-state index in [2.05, 4.69) is 22.2 Å². The van der Waals surface area contributed by atoms with Crippen molar-refractivity contribution < 1.29 is 4.74 Å². The molecular formula is C12H21N3O. The van der Waals surface area contributed by atoms with Crippen LogP contribution in [0.3, 0.4) is 0 Å². The Morgan fingerprint density at radius 3 is 2.56 bits per heavy atom. The van der Waals surface area contributed by atoms with E-state index in [9.17, 15) is 0 Å². The van der Waals surface area contributed by atoms with Crippen LogP contribution in [0.5, 0.6) is 0 Å². The zero-order valence-electron chi connectivity index (χ0n) is 10.3. The largest absolute Gasteiger partial charge is 0.377 e. The Bertz CT molecular complexity index is 277. The first-order valence-corrected chi connectivity index (χ1v) is 5.86. The second kappa shape index (κ2) is 7.30. The van der Waals surface area contributed by atoms with Gasteiger partial charge in [-0.15, -0.1) is 0 Å². The first-order valence-electron chi connectivity index (χ1n) is 5.86. The quantitative estimate of drug-likeness (QED) is 0.767. The lowest BCUT2D eigenvalue weighted by molar-refractivity contribution is 0.0594. The fraction of sp³-hybridized carbons (Fsp3) is 0.667. The molecule has 0 amide bonds. The highest BCUT2D eigenvalue weighted by Gasteiger charge is 2.13. The topological polar surface area (TPSA) is 47.0 Å². The van der Waals surface area contributed by atoms with Crippen molar-refractivity contribution >= 4 is 0 Å². The van der Waals surface area contributed by atoms with Crippen LogP contribution in [0.25, 0.3) is 0 Å². The smallest absolute Gasteiger partial charge is 0.147 e. The van der Waals surface area contributed by atoms with Crippen LogP contribution in [0.15, 0.2) is 18.5 Å². The molecule has 0 aliphatic rings. The number of ether oxygens (including phenoxy) is 1. The second-order valence-corrected chi connectivity index (χ2v) is 4.00. The first-order chi connectivity index (χ1) is 7.74. The molecule has 0 saturated heterocycles. The summed E-state index contributed by atoms with van der Waals surface area (Å²) in [6.07, 6.45) is 4.84. The van der Waals surface area contributed by atoms with Crippen molar-refractivity contribution in [2.45, 2.75) is 39.3 Å². The van der Waals surface area contributed by atoms with Gasteiger partial charge in [0.1, 0.15) is 5.82 Å². The molecule has 0 fully saturated rings. The molecule has 0 spiro atoms. The lowest BCUT2D eigenvalue weighted by atomic mass is 10.2. The van der Waals surface area contributed by atoms with Crippen molar-refractivity contribution in [3.8, 4) is 0 Å². The van der Waals surface area contributed by atoms with Gasteiger partial charge in [0.15, 0.2) is 0 Å². The minimum absolute atomic E-state index is 0.0866. The molecule has 4 nitrogen and oxygen atoms in total. The number of hydrogen-bond donors (Lipinski definition) is 1. The molecule has 1 rings (SSSR count). The maximum absolute atomic E-state index is 5.61. The molecule has 4 heteroatoms. The summed E-state index contributed by atoms with van der Waals surface area (Å²) in [5.74, 6) is 0.802. The average molecular weight is 223 g/mol. The van der Waals surface area contributed by atoms with E-state index < -0.39 is 0 Å². The number of nitrogens with one attached hydrogen (secondary N) is 1. The number of nitrogens with zero attached hydrogens (tertiary/aromatic N) is 2. The Morgan fingerprint density at radius 2 is 2.00 bits per heavy atom. The lowest BCUT2D eigenvalue weighted by Gasteiger charge is -2.18. The van der Waals surface area contributed by atoms with E-state index in [-0.39, 0.29) is 12.1 Å². The summed E-state index contributed by atoms with van der Waals surface area (Å²) in [4.78, 5) is 8.51. The van der Waals surface area contributed by atoms with Crippen molar-refractivity contribution in [3.63, 3.8) is 0 Å². The minimum atomic E-state index is 0.0866. The lowest BCUT2D eigenvalue weighted by Crippen LogP contribution is -2.29. The van der Waals surface area contributed by atoms with Crippen LogP contribution < -0.4 is 5.32 Å². The molecule has 1 heterocycles. The minimum Gasteiger partial charge on any atom is -0.377 e. The first kappa shape index (κ1) is 13.1. The van der Waals surface area contributed by atoms with E-state index in [0.29, 0.717) is 6.61 Å². The average Bonchev–Trinajstić information content (AvgIpc) is 2.30. The summed E-state index contributed by atoms with van der Waals surface area (Å²) < 4.78 is 5.61. The molecule has 0 radical (unpaired) electrons. The predicted molar refractivity (Wildman–Crippen MR) is 64.2 cm³/mol. The van der Waals surface area contributed by atoms with E-state index in [4.69, 9.17) is 4.74 Å². The fourth-order valence-electron chi connectivity index (χ4n) is 1.32. The summed E-state index contributed by atoms with van der Waals surface area (Å²) in [7, 11) is 0. The van der Waals surface area contributed by atoms with Crippen LogP contribution in [0.2, 0.25) is 0 Å². The summed E-state index contributed by atoms with van der Waals surface area (Å²) in [6.45, 7) is 7.76. The van der Waals surface area contributed by atoms with E-state index in [0.717, 1.165) is 18.8 Å². The molecule has 1 aromatic heterocycles. The molecule has 0 aliphatic carbocycles. The van der Waals surface area contributed by atoms with Crippen molar-refractivity contribution in [1.82, 2.24) is 15.3 Å². The second-order valence-electron chi connectivity index (χ2n) is 4.00. The molecule has 0 saturated carbocycles. The van der Waals surface area contributed by atoms with E-state index in [1.165, 1.54) is 0 Å². The Morgan fingerprint density at radius 1 is 1.31 bits per heavy atom. The van der Waals surface area contributed by atoms with E-state index in [1.807, 2.05) is 19.9 Å². The molecule has 0 aromatic carbocycles. The molecule has 1 N–H and O–H groups in total. The highest BCUT2D eigenvalue weighted by molar-refractivity contribution is 4.95. The van der Waals surface area contributed by atoms with Crippen LogP contribution >= 0.6 is 0 Å². The van der Waals surface area contributed by atoms with E-state index >= 15 is 0 Å². The van der Waals surface area contributed by atoms with Gasteiger partial charge < -0.3 is 10.1 Å². The third-order valence-corrected chi connectivity index (χ3v) is 2.13. The zero-order valence-corrected chi connectivity index (χ0v) is 10.3. The maximum atomic E-state index is 5.61. The third kappa shape index (κ3) is 4.68. The highest BCUT2D eigenvalue weighted by atomic mass is 16.5. The summed E-state index contributed by atoms with van der Waals surface area (Å²) in [5, 5.41) is 3.39. The van der Waals surface area contributed by atoms with E-state index in [1.54, 1.807) is 12.4 Å². The van der Waals surface area contributed by atoms with Gasteiger partial charge in [0, 0.05) is 12.4 Å². The highest BCUT2D eigenvalue weighted by Crippen LogP contribution is 2.08. The zero-order chi connectivity index (χ0) is 11.8. The van der Waals surface area contributed by atoms with Crippen LogP contribution in [-0.4, -0.2) is 29.2 Å². The number of rotatable bonds is 7. The Balaban J connectivity index is 2.56. The molecular weight excluding hydrogens is 202 g/mol. The third-order valence-electron chi connectivity index (χ3n) is 2.13. The Kier molecular flexibility index (Phi) is 5.96. The van der Waals surface area contributed by atoms with Gasteiger partial charge in [0.05, 0.1) is 18.8 Å². The van der Waals surface area contributed by atoms with Crippen LogP contribution in [0.1, 0.15) is 39.1 Å². The van der Waals surface area contributed by atoms with Crippen molar-refractivity contribution in [1.29, 1.82) is 0 Å². The fourth-order valence-corrected chi connectivity index (χ4v) is 1.32. The molecule has 1 aromatic rings. The summed E-state index contributed by atoms with van der Waals surface area (Å²) >= 11 is 0. The molecule has 90 valence electrons. The number of hydrogen-bond acceptors (Lipinski definition) is 4. The van der Waals surface area contributed by atoms with Crippen LogP contribution in [0.4, 0.5) is 0 Å². The van der Waals surface area contributed by atoms with Gasteiger partial charge >= 0.3 is 0 Å². The summed E-state index contributed by atoms with van der Waals surface area (Å²) in [6, 6.07) is 1.91. The molecule has 0 aliphatic heterocycles. The Labute approximate surface area is 97.5 Å².